The molecule has 31 heavy (non-hydrogen) atoms. The number of para-hydroxylation sites is 1. The van der Waals surface area contributed by atoms with E-state index in [4.69, 9.17) is 16.2 Å². The Hall–Kier alpha value is -3.06. The minimum atomic E-state index is -0.462. The molecule has 166 valence electrons. The van der Waals surface area contributed by atoms with Crippen LogP contribution >= 0.6 is 12.4 Å². The number of rotatable bonds is 7. The lowest BCUT2D eigenvalue weighted by molar-refractivity contribution is -0.121. The second-order valence-corrected chi connectivity index (χ2v) is 7.58. The summed E-state index contributed by atoms with van der Waals surface area (Å²) in [6, 6.07) is 16.4. The molecule has 0 unspecified atom stereocenters. The Morgan fingerprint density at radius 1 is 0.968 bits per heavy atom. The average Bonchev–Trinajstić information content (AvgIpc) is 2.77. The van der Waals surface area contributed by atoms with Crippen molar-refractivity contribution < 1.29 is 14.3 Å². The van der Waals surface area contributed by atoms with Gasteiger partial charge in [-0.15, -0.1) is 12.4 Å². The number of aliphatic imine (C=N–C) groups is 1. The number of halogens is 1. The van der Waals surface area contributed by atoms with Crippen molar-refractivity contribution in [2.24, 2.45) is 28.3 Å². The van der Waals surface area contributed by atoms with Crippen molar-refractivity contribution in [2.45, 2.75) is 32.3 Å². The van der Waals surface area contributed by atoms with E-state index in [-0.39, 0.29) is 36.8 Å². The van der Waals surface area contributed by atoms with Crippen LogP contribution in [0.2, 0.25) is 0 Å². The number of ether oxygens (including phenoxy) is 1. The zero-order chi connectivity index (χ0) is 21.3. The van der Waals surface area contributed by atoms with Crippen LogP contribution < -0.4 is 16.8 Å². The van der Waals surface area contributed by atoms with Gasteiger partial charge in [-0.2, -0.15) is 0 Å². The van der Waals surface area contributed by atoms with Crippen LogP contribution in [0.5, 0.6) is 0 Å². The molecular weight excluding hydrogens is 416 g/mol. The molecule has 0 saturated heterocycles. The Balaban J connectivity index is 0.00000341. The smallest absolute Gasteiger partial charge is 0.340 e. The number of nitrogens with zero attached hydrogens (tertiary/aromatic N) is 1. The molecule has 0 atom stereocenters. The van der Waals surface area contributed by atoms with E-state index in [1.54, 1.807) is 24.3 Å². The molecule has 3 rings (SSSR count). The van der Waals surface area contributed by atoms with Crippen molar-refractivity contribution in [3.05, 3.63) is 65.7 Å². The molecule has 2 aromatic carbocycles. The van der Waals surface area contributed by atoms with Crippen LogP contribution in [0.25, 0.3) is 0 Å². The maximum atomic E-state index is 12.8. The highest BCUT2D eigenvalue weighted by atomic mass is 35.5. The van der Waals surface area contributed by atoms with E-state index in [1.807, 2.05) is 30.3 Å². The Morgan fingerprint density at radius 3 is 2.29 bits per heavy atom. The van der Waals surface area contributed by atoms with Crippen LogP contribution in [-0.2, 0) is 16.1 Å². The fourth-order valence-corrected chi connectivity index (χ4v) is 3.65. The molecular formula is C23H29ClN4O3. The molecule has 1 saturated carbocycles. The van der Waals surface area contributed by atoms with Gasteiger partial charge in [-0.05, 0) is 49.3 Å². The second kappa shape index (κ2) is 12.0. The van der Waals surface area contributed by atoms with E-state index in [1.165, 1.54) is 0 Å². The minimum absolute atomic E-state index is 0. The number of hydrogen-bond donors (Lipinski definition) is 3. The Morgan fingerprint density at radius 2 is 1.61 bits per heavy atom. The summed E-state index contributed by atoms with van der Waals surface area (Å²) in [5.74, 6) is -0.120. The van der Waals surface area contributed by atoms with Crippen LogP contribution in [0.1, 0.15) is 41.6 Å². The monoisotopic (exact) mass is 444 g/mol. The number of anilines is 1. The molecule has 0 aromatic heterocycles. The van der Waals surface area contributed by atoms with Crippen molar-refractivity contribution >= 4 is 35.9 Å². The number of benzene rings is 2. The number of nitrogens with one attached hydrogen (secondary N) is 1. The topological polar surface area (TPSA) is 120 Å². The average molecular weight is 445 g/mol. The van der Waals surface area contributed by atoms with E-state index in [0.29, 0.717) is 23.7 Å². The predicted octanol–water partition coefficient (Wildman–Crippen LogP) is 3.48. The van der Waals surface area contributed by atoms with Crippen molar-refractivity contribution in [1.29, 1.82) is 0 Å². The third-order valence-corrected chi connectivity index (χ3v) is 5.37. The first-order chi connectivity index (χ1) is 14.5. The normalized spacial score (nSPS) is 17.7. The molecule has 8 heteroatoms. The largest absolute Gasteiger partial charge is 0.457 e. The highest BCUT2D eigenvalue weighted by Crippen LogP contribution is 2.30. The van der Waals surface area contributed by atoms with E-state index in [2.05, 4.69) is 10.3 Å². The van der Waals surface area contributed by atoms with Crippen LogP contribution in [0, 0.1) is 11.8 Å². The molecule has 1 amide bonds. The summed E-state index contributed by atoms with van der Waals surface area (Å²) in [7, 11) is 0. The van der Waals surface area contributed by atoms with Gasteiger partial charge in [-0.1, -0.05) is 42.5 Å². The number of hydrogen-bond acceptors (Lipinski definition) is 4. The molecule has 5 N–H and O–H groups in total. The summed E-state index contributed by atoms with van der Waals surface area (Å²) >= 11 is 0. The van der Waals surface area contributed by atoms with Crippen molar-refractivity contribution in [1.82, 2.24) is 0 Å². The van der Waals surface area contributed by atoms with E-state index in [9.17, 15) is 9.59 Å². The maximum absolute atomic E-state index is 12.8. The van der Waals surface area contributed by atoms with Crippen LogP contribution in [0.15, 0.2) is 59.6 Å². The van der Waals surface area contributed by atoms with Gasteiger partial charge in [0.1, 0.15) is 6.61 Å². The molecule has 7 nitrogen and oxygen atoms in total. The lowest BCUT2D eigenvalue weighted by atomic mass is 9.81. The first kappa shape index (κ1) is 24.2. The first-order valence-electron chi connectivity index (χ1n) is 10.2. The molecule has 0 bridgehead atoms. The molecule has 0 spiro atoms. The summed E-state index contributed by atoms with van der Waals surface area (Å²) in [5, 5.41) is 2.92. The SMILES string of the molecule is Cl.NC(N)=NCC1CCC(C(=O)Nc2ccccc2C(=O)OCc2ccccc2)CC1. The Kier molecular flexibility index (Phi) is 9.34. The number of carbonyl (C=O) groups is 2. The maximum Gasteiger partial charge on any atom is 0.340 e. The van der Waals surface area contributed by atoms with Gasteiger partial charge in [0.05, 0.1) is 11.3 Å². The van der Waals surface area contributed by atoms with Crippen LogP contribution in [0.4, 0.5) is 5.69 Å². The quantitative estimate of drug-likeness (QED) is 0.343. The fourth-order valence-electron chi connectivity index (χ4n) is 3.65. The standard InChI is InChI=1S/C23H28N4O3.ClH/c24-23(25)26-14-16-10-12-18(13-11-16)21(28)27-20-9-5-4-8-19(20)22(29)30-15-17-6-2-1-3-7-17;/h1-9,16,18H,10-15H2,(H,27,28)(H4,24,25,26);1H. The fraction of sp³-hybridized carbons (Fsp3) is 0.348. The summed E-state index contributed by atoms with van der Waals surface area (Å²) in [4.78, 5) is 29.4. The zero-order valence-corrected chi connectivity index (χ0v) is 18.1. The Bertz CT molecular complexity index is 893. The van der Waals surface area contributed by atoms with E-state index >= 15 is 0 Å². The molecule has 1 fully saturated rings. The highest BCUT2D eigenvalue weighted by molar-refractivity contribution is 6.01. The summed E-state index contributed by atoms with van der Waals surface area (Å²) in [6.07, 6.45) is 3.35. The Labute approximate surface area is 188 Å². The zero-order valence-electron chi connectivity index (χ0n) is 17.3. The summed E-state index contributed by atoms with van der Waals surface area (Å²) in [5.41, 5.74) is 12.5. The summed E-state index contributed by atoms with van der Waals surface area (Å²) in [6.45, 7) is 0.786. The van der Waals surface area contributed by atoms with Crippen molar-refractivity contribution in [3.8, 4) is 0 Å². The predicted molar refractivity (Wildman–Crippen MR) is 124 cm³/mol. The first-order valence-corrected chi connectivity index (χ1v) is 10.2. The third-order valence-electron chi connectivity index (χ3n) is 5.37. The molecule has 1 aliphatic carbocycles. The van der Waals surface area contributed by atoms with Gasteiger partial charge >= 0.3 is 5.97 Å². The highest BCUT2D eigenvalue weighted by Gasteiger charge is 2.27. The number of nitrogens with two attached hydrogens (primary N) is 2. The van der Waals surface area contributed by atoms with Gasteiger partial charge in [0.25, 0.3) is 0 Å². The van der Waals surface area contributed by atoms with Crippen LogP contribution in [0.3, 0.4) is 0 Å². The van der Waals surface area contributed by atoms with Crippen molar-refractivity contribution in [2.75, 3.05) is 11.9 Å². The molecule has 0 aliphatic heterocycles. The minimum Gasteiger partial charge on any atom is -0.457 e. The van der Waals surface area contributed by atoms with Gasteiger partial charge < -0.3 is 21.5 Å². The third kappa shape index (κ3) is 7.29. The lowest BCUT2D eigenvalue weighted by Gasteiger charge is -2.27. The second-order valence-electron chi connectivity index (χ2n) is 7.58. The van der Waals surface area contributed by atoms with Gasteiger partial charge in [0.2, 0.25) is 5.91 Å². The summed E-state index contributed by atoms with van der Waals surface area (Å²) < 4.78 is 5.42. The van der Waals surface area contributed by atoms with Gasteiger partial charge in [-0.3, -0.25) is 9.79 Å². The molecule has 2 aromatic rings. The van der Waals surface area contributed by atoms with Gasteiger partial charge in [-0.25, -0.2) is 4.79 Å². The lowest BCUT2D eigenvalue weighted by Crippen LogP contribution is -2.29. The van der Waals surface area contributed by atoms with Crippen LogP contribution in [-0.4, -0.2) is 24.4 Å². The molecule has 0 heterocycles. The van der Waals surface area contributed by atoms with Crippen molar-refractivity contribution in [3.63, 3.8) is 0 Å². The number of esters is 1. The molecule has 0 radical (unpaired) electrons. The van der Waals surface area contributed by atoms with E-state index in [0.717, 1.165) is 31.2 Å². The molecule has 1 aliphatic rings. The van der Waals surface area contributed by atoms with Gasteiger partial charge in [0.15, 0.2) is 5.96 Å². The number of amides is 1. The number of carbonyl (C=O) groups excluding carboxylic acids is 2. The van der Waals surface area contributed by atoms with E-state index < -0.39 is 5.97 Å². The van der Waals surface area contributed by atoms with Gasteiger partial charge in [0, 0.05) is 12.5 Å². The number of guanidine groups is 1.